The number of aliphatic hydroxyl groups is 1. The second-order valence-electron chi connectivity index (χ2n) is 5.82. The highest BCUT2D eigenvalue weighted by Gasteiger charge is 2.30. The standard InChI is InChI=1S/C21H20FNO/c22-20-13-11-17(12-14-20)15-23-16-21(24,18-7-3-1-4-8-18)19-9-5-2-6-10-19/h1-14,23-24H,15-16H2. The fourth-order valence-electron chi connectivity index (χ4n) is 2.79. The number of benzene rings is 3. The SMILES string of the molecule is OC(CNCc1ccc(F)cc1)(c1ccccc1)c1ccccc1. The molecule has 0 fully saturated rings. The maximum Gasteiger partial charge on any atom is 0.127 e. The fourth-order valence-corrected chi connectivity index (χ4v) is 2.79. The molecule has 0 heterocycles. The van der Waals surface area contributed by atoms with Gasteiger partial charge in [0.15, 0.2) is 0 Å². The first-order valence-electron chi connectivity index (χ1n) is 7.97. The van der Waals surface area contributed by atoms with E-state index in [2.05, 4.69) is 5.32 Å². The normalized spacial score (nSPS) is 11.4. The molecule has 0 saturated heterocycles. The summed E-state index contributed by atoms with van der Waals surface area (Å²) in [5.74, 6) is -0.246. The fraction of sp³-hybridized carbons (Fsp3) is 0.143. The van der Waals surface area contributed by atoms with Crippen molar-refractivity contribution in [2.45, 2.75) is 12.1 Å². The molecule has 0 unspecified atom stereocenters. The first-order chi connectivity index (χ1) is 11.7. The van der Waals surface area contributed by atoms with E-state index in [9.17, 15) is 9.50 Å². The minimum atomic E-state index is -1.12. The number of halogens is 1. The van der Waals surface area contributed by atoms with Gasteiger partial charge in [0.1, 0.15) is 11.4 Å². The Hall–Kier alpha value is -2.49. The van der Waals surface area contributed by atoms with Crippen molar-refractivity contribution >= 4 is 0 Å². The van der Waals surface area contributed by atoms with Crippen LogP contribution in [0.4, 0.5) is 4.39 Å². The van der Waals surface area contributed by atoms with E-state index < -0.39 is 5.60 Å². The van der Waals surface area contributed by atoms with E-state index in [1.165, 1.54) is 12.1 Å². The van der Waals surface area contributed by atoms with Crippen molar-refractivity contribution < 1.29 is 9.50 Å². The number of rotatable bonds is 6. The predicted octanol–water partition coefficient (Wildman–Crippen LogP) is 3.85. The van der Waals surface area contributed by atoms with E-state index in [1.54, 1.807) is 12.1 Å². The molecule has 0 aliphatic carbocycles. The van der Waals surface area contributed by atoms with Crippen molar-refractivity contribution in [3.05, 3.63) is 107 Å². The predicted molar refractivity (Wildman–Crippen MR) is 94.0 cm³/mol. The van der Waals surface area contributed by atoms with Crippen molar-refractivity contribution in [3.63, 3.8) is 0 Å². The highest BCUT2D eigenvalue weighted by Crippen LogP contribution is 2.28. The van der Waals surface area contributed by atoms with Crippen LogP contribution in [-0.2, 0) is 12.1 Å². The molecule has 3 aromatic rings. The number of hydrogen-bond acceptors (Lipinski definition) is 2. The van der Waals surface area contributed by atoms with Crippen molar-refractivity contribution in [3.8, 4) is 0 Å². The molecular formula is C21H20FNO. The molecule has 3 heteroatoms. The molecule has 0 aliphatic rings. The Kier molecular flexibility index (Phi) is 5.04. The summed E-state index contributed by atoms with van der Waals surface area (Å²) >= 11 is 0. The lowest BCUT2D eigenvalue weighted by Crippen LogP contribution is -2.39. The molecule has 0 aliphatic heterocycles. The smallest absolute Gasteiger partial charge is 0.127 e. The quantitative estimate of drug-likeness (QED) is 0.723. The summed E-state index contributed by atoms with van der Waals surface area (Å²) in [7, 11) is 0. The monoisotopic (exact) mass is 321 g/mol. The van der Waals surface area contributed by atoms with Gasteiger partial charge < -0.3 is 10.4 Å². The molecule has 24 heavy (non-hydrogen) atoms. The molecular weight excluding hydrogens is 301 g/mol. The van der Waals surface area contributed by atoms with Gasteiger partial charge in [0.25, 0.3) is 0 Å². The largest absolute Gasteiger partial charge is 0.379 e. The molecule has 3 aromatic carbocycles. The van der Waals surface area contributed by atoms with Gasteiger partial charge in [-0.05, 0) is 28.8 Å². The Morgan fingerprint density at radius 3 is 1.75 bits per heavy atom. The van der Waals surface area contributed by atoms with Crippen LogP contribution < -0.4 is 5.32 Å². The van der Waals surface area contributed by atoms with Crippen molar-refractivity contribution in [2.75, 3.05) is 6.54 Å². The van der Waals surface area contributed by atoms with E-state index in [0.717, 1.165) is 16.7 Å². The van der Waals surface area contributed by atoms with E-state index in [0.29, 0.717) is 13.1 Å². The van der Waals surface area contributed by atoms with Crippen molar-refractivity contribution in [2.24, 2.45) is 0 Å². The summed E-state index contributed by atoms with van der Waals surface area (Å²) in [5, 5.41) is 14.6. The summed E-state index contributed by atoms with van der Waals surface area (Å²) in [4.78, 5) is 0. The number of hydrogen-bond donors (Lipinski definition) is 2. The average molecular weight is 321 g/mol. The zero-order valence-electron chi connectivity index (χ0n) is 13.3. The summed E-state index contributed by atoms with van der Waals surface area (Å²) in [5.41, 5.74) is 1.52. The van der Waals surface area contributed by atoms with Crippen LogP contribution in [0.2, 0.25) is 0 Å². The Balaban J connectivity index is 1.79. The van der Waals surface area contributed by atoms with Crippen molar-refractivity contribution in [1.82, 2.24) is 5.32 Å². The molecule has 0 spiro atoms. The third-order valence-corrected chi connectivity index (χ3v) is 4.13. The van der Waals surface area contributed by atoms with Gasteiger partial charge in [-0.2, -0.15) is 0 Å². The summed E-state index contributed by atoms with van der Waals surface area (Å²) in [6, 6.07) is 25.6. The lowest BCUT2D eigenvalue weighted by atomic mass is 9.86. The molecule has 2 N–H and O–H groups in total. The van der Waals surface area contributed by atoms with Crippen LogP contribution in [0.1, 0.15) is 16.7 Å². The lowest BCUT2D eigenvalue weighted by Gasteiger charge is -2.30. The van der Waals surface area contributed by atoms with Gasteiger partial charge in [0, 0.05) is 13.1 Å². The van der Waals surface area contributed by atoms with Gasteiger partial charge in [0.2, 0.25) is 0 Å². The molecule has 0 amide bonds. The van der Waals surface area contributed by atoms with Gasteiger partial charge in [-0.1, -0.05) is 72.8 Å². The molecule has 0 aromatic heterocycles. The molecule has 0 bridgehead atoms. The Morgan fingerprint density at radius 1 is 0.750 bits per heavy atom. The second kappa shape index (κ2) is 7.39. The minimum absolute atomic E-state index is 0.246. The highest BCUT2D eigenvalue weighted by molar-refractivity contribution is 5.36. The third-order valence-electron chi connectivity index (χ3n) is 4.13. The molecule has 0 atom stereocenters. The van der Waals surface area contributed by atoms with Crippen LogP contribution in [0.25, 0.3) is 0 Å². The maximum absolute atomic E-state index is 13.0. The average Bonchev–Trinajstić information content (AvgIpc) is 2.65. The third kappa shape index (κ3) is 3.70. The van der Waals surface area contributed by atoms with Crippen LogP contribution in [0.5, 0.6) is 0 Å². The van der Waals surface area contributed by atoms with Gasteiger partial charge >= 0.3 is 0 Å². The summed E-state index contributed by atoms with van der Waals surface area (Å²) in [6.45, 7) is 0.917. The van der Waals surface area contributed by atoms with Gasteiger partial charge in [-0.15, -0.1) is 0 Å². The molecule has 2 nitrogen and oxygen atoms in total. The Bertz CT molecular complexity index is 717. The molecule has 0 radical (unpaired) electrons. The first-order valence-corrected chi connectivity index (χ1v) is 7.97. The lowest BCUT2D eigenvalue weighted by molar-refractivity contribution is 0.0796. The van der Waals surface area contributed by atoms with Gasteiger partial charge in [0.05, 0.1) is 0 Å². The van der Waals surface area contributed by atoms with Crippen LogP contribution in [0.15, 0.2) is 84.9 Å². The highest BCUT2D eigenvalue weighted by atomic mass is 19.1. The molecule has 122 valence electrons. The second-order valence-corrected chi connectivity index (χ2v) is 5.82. The first kappa shape index (κ1) is 16.4. The zero-order valence-corrected chi connectivity index (χ0v) is 13.3. The zero-order chi connectivity index (χ0) is 16.8. The van der Waals surface area contributed by atoms with Gasteiger partial charge in [-0.3, -0.25) is 0 Å². The Labute approximate surface area is 141 Å². The van der Waals surface area contributed by atoms with E-state index in [-0.39, 0.29) is 5.82 Å². The van der Waals surface area contributed by atoms with Crippen LogP contribution in [0.3, 0.4) is 0 Å². The topological polar surface area (TPSA) is 32.3 Å². The van der Waals surface area contributed by atoms with Crippen molar-refractivity contribution in [1.29, 1.82) is 0 Å². The van der Waals surface area contributed by atoms with E-state index >= 15 is 0 Å². The minimum Gasteiger partial charge on any atom is -0.379 e. The van der Waals surface area contributed by atoms with Crippen LogP contribution in [0, 0.1) is 5.82 Å². The van der Waals surface area contributed by atoms with Crippen LogP contribution in [-0.4, -0.2) is 11.7 Å². The molecule has 0 saturated carbocycles. The summed E-state index contributed by atoms with van der Waals surface area (Å²) < 4.78 is 13.0. The van der Waals surface area contributed by atoms with E-state index in [1.807, 2.05) is 60.7 Å². The Morgan fingerprint density at radius 2 is 1.25 bits per heavy atom. The summed E-state index contributed by atoms with van der Waals surface area (Å²) in [6.07, 6.45) is 0. The molecule has 3 rings (SSSR count). The van der Waals surface area contributed by atoms with Crippen LogP contribution >= 0.6 is 0 Å². The maximum atomic E-state index is 13.0. The van der Waals surface area contributed by atoms with Gasteiger partial charge in [-0.25, -0.2) is 4.39 Å². The van der Waals surface area contributed by atoms with E-state index in [4.69, 9.17) is 0 Å². The number of nitrogens with one attached hydrogen (secondary N) is 1.